The molecule has 1 atom stereocenters. The molecule has 0 bridgehead atoms. The third kappa shape index (κ3) is 3.64. The summed E-state index contributed by atoms with van der Waals surface area (Å²) in [5.74, 6) is 0. The van der Waals surface area contributed by atoms with Crippen LogP contribution in [0, 0.1) is 0 Å². The van der Waals surface area contributed by atoms with E-state index in [-0.39, 0.29) is 0 Å². The van der Waals surface area contributed by atoms with E-state index in [1.54, 1.807) is 11.3 Å². The van der Waals surface area contributed by atoms with Crippen LogP contribution in [0.4, 0.5) is 0 Å². The fourth-order valence-corrected chi connectivity index (χ4v) is 4.60. The smallest absolute Gasteiger partial charge is 0.0843 e. The van der Waals surface area contributed by atoms with Crippen LogP contribution in [-0.2, 0) is 6.42 Å². The molecular weight excluding hydrogens is 382 g/mol. The van der Waals surface area contributed by atoms with Crippen LogP contribution in [0.3, 0.4) is 0 Å². The van der Waals surface area contributed by atoms with Crippen molar-refractivity contribution in [1.82, 2.24) is 5.32 Å². The molecule has 0 aromatic carbocycles. The van der Waals surface area contributed by atoms with Crippen molar-refractivity contribution in [3.8, 4) is 0 Å². The van der Waals surface area contributed by atoms with Gasteiger partial charge in [-0.3, -0.25) is 0 Å². The lowest BCUT2D eigenvalue weighted by atomic mass is 10.1. The quantitative estimate of drug-likeness (QED) is 0.732. The van der Waals surface area contributed by atoms with Gasteiger partial charge in [0.25, 0.3) is 0 Å². The zero-order chi connectivity index (χ0) is 12.3. The molecule has 0 saturated heterocycles. The molecule has 2 heterocycles. The summed E-state index contributed by atoms with van der Waals surface area (Å²) in [5.41, 5.74) is 0. The van der Waals surface area contributed by atoms with Crippen LogP contribution in [0.1, 0.15) is 22.7 Å². The number of hydrogen-bond donors (Lipinski definition) is 1. The lowest BCUT2D eigenvalue weighted by Gasteiger charge is -2.15. The molecule has 0 spiro atoms. The van der Waals surface area contributed by atoms with Crippen LogP contribution in [0.2, 0.25) is 0 Å². The normalized spacial score (nSPS) is 12.9. The summed E-state index contributed by atoms with van der Waals surface area (Å²) in [6.45, 7) is 3.14. The van der Waals surface area contributed by atoms with Crippen molar-refractivity contribution in [1.29, 1.82) is 0 Å². The van der Waals surface area contributed by atoms with E-state index in [1.165, 1.54) is 13.5 Å². The number of nitrogens with one attached hydrogen (secondary N) is 1. The Labute approximate surface area is 127 Å². The Hall–Kier alpha value is 0.320. The van der Waals surface area contributed by atoms with Gasteiger partial charge in [-0.2, -0.15) is 0 Å². The van der Waals surface area contributed by atoms with E-state index in [0.717, 1.165) is 17.4 Å². The Kier molecular flexibility index (Phi) is 5.24. The van der Waals surface area contributed by atoms with Crippen LogP contribution < -0.4 is 5.32 Å². The first-order valence-corrected chi connectivity index (χ1v) is 8.69. The second-order valence-corrected chi connectivity index (χ2v) is 7.95. The number of likely N-dealkylation sites (N-methyl/N-ethyl adjacent to an activating group) is 1. The van der Waals surface area contributed by atoms with Gasteiger partial charge in [0.05, 0.1) is 3.79 Å². The topological polar surface area (TPSA) is 12.0 Å². The molecule has 0 amide bonds. The Morgan fingerprint density at radius 1 is 1.41 bits per heavy atom. The van der Waals surface area contributed by atoms with Gasteiger partial charge in [-0.25, -0.2) is 0 Å². The molecular formula is C12H13Br2NS2. The lowest BCUT2D eigenvalue weighted by molar-refractivity contribution is 0.561. The van der Waals surface area contributed by atoms with Crippen molar-refractivity contribution >= 4 is 54.5 Å². The average Bonchev–Trinajstić information content (AvgIpc) is 2.90. The van der Waals surface area contributed by atoms with Gasteiger partial charge < -0.3 is 5.32 Å². The summed E-state index contributed by atoms with van der Waals surface area (Å²) in [5, 5.41) is 5.69. The number of halogens is 2. The fourth-order valence-electron chi connectivity index (χ4n) is 1.68. The van der Waals surface area contributed by atoms with E-state index in [9.17, 15) is 0 Å². The zero-order valence-electron chi connectivity index (χ0n) is 9.37. The van der Waals surface area contributed by atoms with Crippen LogP contribution >= 0.6 is 54.5 Å². The van der Waals surface area contributed by atoms with Gasteiger partial charge in [0.2, 0.25) is 0 Å². The average molecular weight is 395 g/mol. The summed E-state index contributed by atoms with van der Waals surface area (Å²) < 4.78 is 2.31. The van der Waals surface area contributed by atoms with E-state index in [4.69, 9.17) is 0 Å². The molecule has 2 aromatic heterocycles. The molecule has 1 N–H and O–H groups in total. The summed E-state index contributed by atoms with van der Waals surface area (Å²) >= 11 is 10.7. The van der Waals surface area contributed by atoms with E-state index in [1.807, 2.05) is 11.3 Å². The summed E-state index contributed by atoms with van der Waals surface area (Å²) in [6.07, 6.45) is 1.06. The van der Waals surface area contributed by atoms with Crippen molar-refractivity contribution in [2.45, 2.75) is 19.4 Å². The van der Waals surface area contributed by atoms with Crippen LogP contribution in [-0.4, -0.2) is 6.54 Å². The van der Waals surface area contributed by atoms with Gasteiger partial charge in [-0.1, -0.05) is 13.0 Å². The largest absolute Gasteiger partial charge is 0.309 e. The van der Waals surface area contributed by atoms with Crippen molar-refractivity contribution < 1.29 is 0 Å². The highest BCUT2D eigenvalue weighted by molar-refractivity contribution is 9.13. The van der Waals surface area contributed by atoms with E-state index in [2.05, 4.69) is 67.7 Å². The first-order valence-electron chi connectivity index (χ1n) is 5.41. The van der Waals surface area contributed by atoms with Crippen molar-refractivity contribution in [3.63, 3.8) is 0 Å². The van der Waals surface area contributed by atoms with Gasteiger partial charge >= 0.3 is 0 Å². The first-order chi connectivity index (χ1) is 8.20. The predicted octanol–water partition coefficient (Wildman–Crippen LogP) is 5.23. The standard InChI is InChI=1S/C12H13Br2NS2/c1-2-15-10(6-8-4-3-5-16-8)11-7-9(13)12(14)17-11/h3-5,7,10,15H,2,6H2,1H3. The fraction of sp³-hybridized carbons (Fsp3) is 0.333. The number of thiophene rings is 2. The Morgan fingerprint density at radius 2 is 2.24 bits per heavy atom. The number of rotatable bonds is 5. The molecule has 92 valence electrons. The molecule has 0 fully saturated rings. The Bertz CT molecular complexity index is 445. The molecule has 17 heavy (non-hydrogen) atoms. The maximum atomic E-state index is 3.56. The molecule has 2 aromatic rings. The second-order valence-electron chi connectivity index (χ2n) is 3.66. The number of hydrogen-bond acceptors (Lipinski definition) is 3. The second kappa shape index (κ2) is 6.48. The minimum atomic E-state index is 0.409. The van der Waals surface area contributed by atoms with Crippen molar-refractivity contribution in [3.05, 3.63) is 41.6 Å². The molecule has 0 aliphatic heterocycles. The minimum Gasteiger partial charge on any atom is -0.309 e. The SMILES string of the molecule is CCNC(Cc1cccs1)c1cc(Br)c(Br)s1. The summed E-state index contributed by atoms with van der Waals surface area (Å²) in [6, 6.07) is 6.93. The van der Waals surface area contributed by atoms with Crippen molar-refractivity contribution in [2.24, 2.45) is 0 Å². The minimum absolute atomic E-state index is 0.409. The maximum Gasteiger partial charge on any atom is 0.0843 e. The molecule has 2 rings (SSSR count). The Balaban J connectivity index is 2.16. The molecule has 0 aliphatic carbocycles. The van der Waals surface area contributed by atoms with Crippen LogP contribution in [0.15, 0.2) is 31.8 Å². The molecule has 5 heteroatoms. The molecule has 1 unspecified atom stereocenters. The molecule has 0 saturated carbocycles. The monoisotopic (exact) mass is 393 g/mol. The van der Waals surface area contributed by atoms with E-state index < -0.39 is 0 Å². The summed E-state index contributed by atoms with van der Waals surface area (Å²) in [7, 11) is 0. The maximum absolute atomic E-state index is 3.56. The highest BCUT2D eigenvalue weighted by Gasteiger charge is 2.15. The molecule has 0 aliphatic rings. The van der Waals surface area contributed by atoms with Crippen LogP contribution in [0.25, 0.3) is 0 Å². The highest BCUT2D eigenvalue weighted by Crippen LogP contribution is 2.36. The van der Waals surface area contributed by atoms with Gasteiger partial charge in [0.15, 0.2) is 0 Å². The molecule has 1 nitrogen and oxygen atoms in total. The van der Waals surface area contributed by atoms with Crippen LogP contribution in [0.5, 0.6) is 0 Å². The van der Waals surface area contributed by atoms with Gasteiger partial charge in [-0.15, -0.1) is 22.7 Å². The van der Waals surface area contributed by atoms with Crippen molar-refractivity contribution in [2.75, 3.05) is 6.54 Å². The van der Waals surface area contributed by atoms with E-state index in [0.29, 0.717) is 6.04 Å². The van der Waals surface area contributed by atoms with Gasteiger partial charge in [0.1, 0.15) is 0 Å². The lowest BCUT2D eigenvalue weighted by Crippen LogP contribution is -2.21. The first kappa shape index (κ1) is 13.7. The third-order valence-electron chi connectivity index (χ3n) is 2.44. The summed E-state index contributed by atoms with van der Waals surface area (Å²) in [4.78, 5) is 2.80. The zero-order valence-corrected chi connectivity index (χ0v) is 14.2. The van der Waals surface area contributed by atoms with Gasteiger partial charge in [0, 0.05) is 26.7 Å². The van der Waals surface area contributed by atoms with Gasteiger partial charge in [-0.05, 0) is 55.9 Å². The highest BCUT2D eigenvalue weighted by atomic mass is 79.9. The van der Waals surface area contributed by atoms with E-state index >= 15 is 0 Å². The molecule has 0 radical (unpaired) electrons. The Morgan fingerprint density at radius 3 is 2.76 bits per heavy atom. The predicted molar refractivity (Wildman–Crippen MR) is 84.2 cm³/mol. The third-order valence-corrected chi connectivity index (χ3v) is 6.71.